The number of ketones is 1. The summed E-state index contributed by atoms with van der Waals surface area (Å²) in [4.78, 5) is 25.9. The van der Waals surface area contributed by atoms with Gasteiger partial charge in [0.05, 0.1) is 26.7 Å². The highest BCUT2D eigenvalue weighted by Crippen LogP contribution is 2.34. The Morgan fingerprint density at radius 3 is 2.41 bits per heavy atom. The van der Waals surface area contributed by atoms with Gasteiger partial charge in [0.2, 0.25) is 0 Å². The zero-order valence-corrected chi connectivity index (χ0v) is 19.3. The Balaban J connectivity index is 1.56. The minimum atomic E-state index is -0.518. The number of carbonyl (C=O) groups excluding carboxylic acids is 2. The Hall–Kier alpha value is -2.99. The van der Waals surface area contributed by atoms with E-state index in [9.17, 15) is 9.59 Å². The van der Waals surface area contributed by atoms with Crippen molar-refractivity contribution in [3.8, 4) is 0 Å². The van der Waals surface area contributed by atoms with Gasteiger partial charge in [-0.25, -0.2) is 0 Å². The van der Waals surface area contributed by atoms with Crippen LogP contribution in [-0.2, 0) is 16.0 Å². The third kappa shape index (κ3) is 5.82. The van der Waals surface area contributed by atoms with Crippen LogP contribution in [0.3, 0.4) is 0 Å². The van der Waals surface area contributed by atoms with E-state index in [2.05, 4.69) is 31.5 Å². The van der Waals surface area contributed by atoms with Gasteiger partial charge in [-0.05, 0) is 30.4 Å². The second kappa shape index (κ2) is 10.1. The van der Waals surface area contributed by atoms with Crippen molar-refractivity contribution in [2.75, 3.05) is 20.6 Å². The third-order valence-electron chi connectivity index (χ3n) is 6.75. The average Bonchev–Trinajstić information content (AvgIpc) is 2.78. The number of nitrogens with one attached hydrogen (secondary N) is 2. The van der Waals surface area contributed by atoms with Crippen LogP contribution < -0.4 is 11.1 Å². The van der Waals surface area contributed by atoms with Gasteiger partial charge in [0.15, 0.2) is 11.8 Å². The standard InChI is InChI=1S/C26H34N4O2/c1-18(24(31)14-11-19-9-12-21(13-10-19)25(27)28)29-26(32)23-17-22(15-16-30(23,2)3)20-7-5-4-6-8-20/h4-10,12-13,18,22-23H,11,14-17H2,1-3H3,(H3-,27,28,29,32)/p+1/t18-,22-,23+/m0/s1. The Morgan fingerprint density at radius 1 is 1.12 bits per heavy atom. The number of likely N-dealkylation sites (tertiary alicyclic amines) is 1. The number of quaternary nitrogens is 1. The number of hydrogen-bond acceptors (Lipinski definition) is 3. The minimum absolute atomic E-state index is 0.0229. The van der Waals surface area contributed by atoms with E-state index in [-0.39, 0.29) is 23.6 Å². The summed E-state index contributed by atoms with van der Waals surface area (Å²) < 4.78 is 0.637. The molecule has 0 bridgehead atoms. The monoisotopic (exact) mass is 435 g/mol. The molecule has 32 heavy (non-hydrogen) atoms. The number of carbonyl (C=O) groups is 2. The van der Waals surface area contributed by atoms with Crippen LogP contribution in [-0.4, -0.2) is 54.7 Å². The van der Waals surface area contributed by atoms with Gasteiger partial charge in [-0.2, -0.15) is 0 Å². The third-order valence-corrected chi connectivity index (χ3v) is 6.75. The zero-order valence-electron chi connectivity index (χ0n) is 19.3. The van der Waals surface area contributed by atoms with Crippen LogP contribution >= 0.6 is 0 Å². The van der Waals surface area contributed by atoms with E-state index in [4.69, 9.17) is 11.1 Å². The Morgan fingerprint density at radius 2 is 1.78 bits per heavy atom. The molecule has 2 aromatic rings. The summed E-state index contributed by atoms with van der Waals surface area (Å²) in [6.07, 6.45) is 2.79. The highest BCUT2D eigenvalue weighted by atomic mass is 16.2. The van der Waals surface area contributed by atoms with Crippen molar-refractivity contribution in [2.24, 2.45) is 5.73 Å². The fourth-order valence-corrected chi connectivity index (χ4v) is 4.49. The van der Waals surface area contributed by atoms with Crippen LogP contribution in [0, 0.1) is 5.41 Å². The smallest absolute Gasteiger partial charge is 0.278 e. The van der Waals surface area contributed by atoms with Gasteiger partial charge in [-0.3, -0.25) is 15.0 Å². The number of likely N-dealkylation sites (N-methyl/N-ethyl adjacent to an activating group) is 1. The second-order valence-corrected chi connectivity index (χ2v) is 9.46. The summed E-state index contributed by atoms with van der Waals surface area (Å²) in [6, 6.07) is 17.1. The number of nitrogen functional groups attached to an aromatic ring is 1. The number of Topliss-reactive ketones (excluding diaryl/α,β-unsaturated/α-hetero) is 1. The van der Waals surface area contributed by atoms with Gasteiger partial charge in [0.1, 0.15) is 5.84 Å². The Labute approximate surface area is 190 Å². The first kappa shape index (κ1) is 23.7. The molecule has 3 rings (SSSR count). The quantitative estimate of drug-likeness (QED) is 0.338. The first-order valence-electron chi connectivity index (χ1n) is 11.3. The summed E-state index contributed by atoms with van der Waals surface area (Å²) in [7, 11) is 4.20. The molecule has 0 aromatic heterocycles. The maximum Gasteiger partial charge on any atom is 0.278 e. The van der Waals surface area contributed by atoms with Crippen molar-refractivity contribution in [1.82, 2.24) is 5.32 Å². The number of amides is 1. The number of benzene rings is 2. The van der Waals surface area contributed by atoms with E-state index in [0.717, 1.165) is 24.9 Å². The molecule has 0 spiro atoms. The van der Waals surface area contributed by atoms with Crippen molar-refractivity contribution in [1.29, 1.82) is 5.41 Å². The molecular formula is C26H35N4O2+. The molecule has 1 fully saturated rings. The van der Waals surface area contributed by atoms with Gasteiger partial charge in [0, 0.05) is 24.8 Å². The lowest BCUT2D eigenvalue weighted by molar-refractivity contribution is -0.911. The second-order valence-electron chi connectivity index (χ2n) is 9.46. The van der Waals surface area contributed by atoms with E-state index in [1.807, 2.05) is 30.3 Å². The van der Waals surface area contributed by atoms with Crippen LogP contribution in [0.1, 0.15) is 48.8 Å². The summed E-state index contributed by atoms with van der Waals surface area (Å²) in [5, 5.41) is 10.4. The molecule has 0 saturated carbocycles. The van der Waals surface area contributed by atoms with Gasteiger partial charge in [0.25, 0.3) is 5.91 Å². The van der Waals surface area contributed by atoms with Crippen molar-refractivity contribution in [2.45, 2.75) is 50.6 Å². The molecule has 6 heteroatoms. The summed E-state index contributed by atoms with van der Waals surface area (Å²) >= 11 is 0. The normalized spacial score (nSPS) is 20.8. The number of piperidine rings is 1. The van der Waals surface area contributed by atoms with E-state index < -0.39 is 6.04 Å². The maximum atomic E-state index is 13.2. The maximum absolute atomic E-state index is 13.2. The number of aryl methyl sites for hydroxylation is 1. The minimum Gasteiger partial charge on any atom is -0.384 e. The molecule has 1 aliphatic heterocycles. The lowest BCUT2D eigenvalue weighted by Crippen LogP contribution is -2.61. The molecule has 3 atom stereocenters. The van der Waals surface area contributed by atoms with E-state index in [1.165, 1.54) is 5.56 Å². The average molecular weight is 436 g/mol. The number of nitrogens with two attached hydrogens (primary N) is 1. The zero-order chi connectivity index (χ0) is 23.3. The van der Waals surface area contributed by atoms with Crippen LogP contribution in [0.4, 0.5) is 0 Å². The lowest BCUT2D eigenvalue weighted by Gasteiger charge is -2.43. The molecule has 170 valence electrons. The first-order valence-corrected chi connectivity index (χ1v) is 11.3. The van der Waals surface area contributed by atoms with Crippen LogP contribution in [0.5, 0.6) is 0 Å². The molecule has 1 saturated heterocycles. The summed E-state index contributed by atoms with van der Waals surface area (Å²) in [6.45, 7) is 2.70. The Kier molecular flexibility index (Phi) is 7.46. The van der Waals surface area contributed by atoms with Gasteiger partial charge >= 0.3 is 0 Å². The summed E-state index contributed by atoms with van der Waals surface area (Å²) in [5.74, 6) is 0.376. The topological polar surface area (TPSA) is 96.0 Å². The Bertz CT molecular complexity index is 954. The van der Waals surface area contributed by atoms with Crippen molar-refractivity contribution in [3.63, 3.8) is 0 Å². The number of amidine groups is 1. The van der Waals surface area contributed by atoms with Crippen LogP contribution in [0.25, 0.3) is 0 Å². The summed E-state index contributed by atoms with van der Waals surface area (Å²) in [5.41, 5.74) is 8.45. The number of nitrogens with zero attached hydrogens (tertiary/aromatic N) is 1. The molecule has 0 radical (unpaired) electrons. The molecular weight excluding hydrogens is 400 g/mol. The number of hydrogen-bond donors (Lipinski definition) is 3. The number of rotatable bonds is 8. The van der Waals surface area contributed by atoms with Crippen molar-refractivity contribution < 1.29 is 14.1 Å². The van der Waals surface area contributed by atoms with Crippen molar-refractivity contribution in [3.05, 3.63) is 71.3 Å². The molecule has 1 heterocycles. The highest BCUT2D eigenvalue weighted by molar-refractivity contribution is 5.95. The lowest BCUT2D eigenvalue weighted by atomic mass is 9.84. The predicted molar refractivity (Wildman–Crippen MR) is 128 cm³/mol. The highest BCUT2D eigenvalue weighted by Gasteiger charge is 2.42. The van der Waals surface area contributed by atoms with E-state index in [0.29, 0.717) is 28.8 Å². The van der Waals surface area contributed by atoms with E-state index in [1.54, 1.807) is 19.1 Å². The van der Waals surface area contributed by atoms with Gasteiger partial charge in [-0.15, -0.1) is 0 Å². The van der Waals surface area contributed by atoms with Crippen LogP contribution in [0.2, 0.25) is 0 Å². The van der Waals surface area contributed by atoms with E-state index >= 15 is 0 Å². The molecule has 6 nitrogen and oxygen atoms in total. The fraction of sp³-hybridized carbons (Fsp3) is 0.423. The molecule has 2 aromatic carbocycles. The molecule has 1 amide bonds. The SMILES string of the molecule is C[C@H](NC(=O)[C@H]1C[C@@H](c2ccccc2)CC[N+]1(C)C)C(=O)CCc1ccc(C(=N)N)cc1. The van der Waals surface area contributed by atoms with Crippen molar-refractivity contribution >= 4 is 17.5 Å². The van der Waals surface area contributed by atoms with Gasteiger partial charge < -0.3 is 15.5 Å². The molecule has 0 unspecified atom stereocenters. The fourth-order valence-electron chi connectivity index (χ4n) is 4.49. The molecule has 4 N–H and O–H groups in total. The molecule has 0 aliphatic carbocycles. The largest absolute Gasteiger partial charge is 0.384 e. The predicted octanol–water partition coefficient (Wildman–Crippen LogP) is 3.00. The van der Waals surface area contributed by atoms with Crippen LogP contribution in [0.15, 0.2) is 54.6 Å². The first-order chi connectivity index (χ1) is 15.2. The van der Waals surface area contributed by atoms with Gasteiger partial charge in [-0.1, -0.05) is 54.6 Å². The molecule has 1 aliphatic rings.